The average Bonchev–Trinajstić information content (AvgIpc) is 3.87. The first kappa shape index (κ1) is 27.3. The summed E-state index contributed by atoms with van der Waals surface area (Å²) in [5.74, 6) is 1.32. The lowest BCUT2D eigenvalue weighted by atomic mass is 10.1. The van der Waals surface area contributed by atoms with Crippen LogP contribution in [0.25, 0.3) is 83.4 Å². The third-order valence-corrected chi connectivity index (χ3v) is 9.28. The normalized spacial score (nSPS) is 11.7. The van der Waals surface area contributed by atoms with Crippen LogP contribution in [-0.2, 0) is 0 Å². The summed E-state index contributed by atoms with van der Waals surface area (Å²) in [6.45, 7) is 0. The fourth-order valence-corrected chi connectivity index (χ4v) is 7.20. The van der Waals surface area contributed by atoms with Crippen LogP contribution in [0.1, 0.15) is 0 Å². The summed E-state index contributed by atoms with van der Waals surface area (Å²) in [6.07, 6.45) is 7.14. The van der Waals surface area contributed by atoms with Crippen molar-refractivity contribution in [1.82, 2.24) is 33.9 Å². The van der Waals surface area contributed by atoms with Crippen LogP contribution in [0, 0.1) is 0 Å². The molecular formula is C42H27N7. The van der Waals surface area contributed by atoms with Crippen molar-refractivity contribution in [2.75, 3.05) is 0 Å². The van der Waals surface area contributed by atoms with E-state index in [0.29, 0.717) is 5.82 Å². The van der Waals surface area contributed by atoms with Crippen molar-refractivity contribution in [3.8, 4) is 39.8 Å². The molecule has 0 amide bonds. The summed E-state index contributed by atoms with van der Waals surface area (Å²) < 4.78 is 6.62. The Morgan fingerprint density at radius 1 is 0.449 bits per heavy atom. The summed E-state index contributed by atoms with van der Waals surface area (Å²) >= 11 is 0. The van der Waals surface area contributed by atoms with Crippen molar-refractivity contribution in [2.24, 2.45) is 0 Å². The van der Waals surface area contributed by atoms with E-state index in [-0.39, 0.29) is 0 Å². The Balaban J connectivity index is 1.26. The summed E-state index contributed by atoms with van der Waals surface area (Å²) in [5.41, 5.74) is 9.30. The lowest BCUT2D eigenvalue weighted by molar-refractivity contribution is 0.883. The molecule has 49 heavy (non-hydrogen) atoms. The van der Waals surface area contributed by atoms with Crippen LogP contribution in [0.3, 0.4) is 0 Å². The Morgan fingerprint density at radius 2 is 1.02 bits per heavy atom. The molecule has 230 valence electrons. The summed E-state index contributed by atoms with van der Waals surface area (Å²) in [7, 11) is 0. The molecule has 0 aliphatic carbocycles. The predicted molar refractivity (Wildman–Crippen MR) is 196 cm³/mol. The number of pyridine rings is 2. The van der Waals surface area contributed by atoms with Gasteiger partial charge in [-0.25, -0.2) is 9.67 Å². The monoisotopic (exact) mass is 629 g/mol. The molecule has 0 aliphatic heterocycles. The van der Waals surface area contributed by atoms with Crippen molar-refractivity contribution in [3.63, 3.8) is 0 Å². The molecule has 0 aliphatic rings. The van der Waals surface area contributed by atoms with Crippen LogP contribution in [0.4, 0.5) is 0 Å². The Hall–Kier alpha value is -6.86. The maximum atomic E-state index is 5.18. The molecule has 7 heteroatoms. The Labute approximate surface area is 281 Å². The van der Waals surface area contributed by atoms with Gasteiger partial charge in [-0.2, -0.15) is 0 Å². The van der Waals surface area contributed by atoms with Crippen LogP contribution in [0.15, 0.2) is 164 Å². The maximum absolute atomic E-state index is 5.18. The quantitative estimate of drug-likeness (QED) is 0.190. The van der Waals surface area contributed by atoms with Crippen molar-refractivity contribution in [2.45, 2.75) is 0 Å². The second kappa shape index (κ2) is 10.9. The fraction of sp³-hybridized carbons (Fsp3) is 0. The van der Waals surface area contributed by atoms with Gasteiger partial charge in [0.25, 0.3) is 0 Å². The first-order chi connectivity index (χ1) is 24.3. The SMILES string of the molecule is c1cncc(-c2nc(-c3cccc4c5ccccc5n(-c5cccc(-n6c7ccccc7c7ccccc76)c5)c34)n(-c3cccnc3)n2)c1. The minimum atomic E-state index is 0.597. The number of hydrogen-bond acceptors (Lipinski definition) is 4. The molecule has 0 fully saturated rings. The Kier molecular flexibility index (Phi) is 6.04. The smallest absolute Gasteiger partial charge is 0.183 e. The minimum absolute atomic E-state index is 0.597. The molecular weight excluding hydrogens is 603 g/mol. The third-order valence-electron chi connectivity index (χ3n) is 9.28. The fourth-order valence-electron chi connectivity index (χ4n) is 7.20. The summed E-state index contributed by atoms with van der Waals surface area (Å²) in [4.78, 5) is 13.9. The van der Waals surface area contributed by atoms with E-state index in [1.807, 2.05) is 35.1 Å². The molecule has 5 aromatic heterocycles. The van der Waals surface area contributed by atoms with Crippen LogP contribution >= 0.6 is 0 Å². The van der Waals surface area contributed by atoms with Gasteiger partial charge >= 0.3 is 0 Å². The third kappa shape index (κ3) is 4.22. The van der Waals surface area contributed by atoms with Gasteiger partial charge in [0, 0.05) is 62.6 Å². The number of hydrogen-bond donors (Lipinski definition) is 0. The van der Waals surface area contributed by atoms with Crippen molar-refractivity contribution < 1.29 is 0 Å². The molecule has 10 aromatic rings. The van der Waals surface area contributed by atoms with Crippen LogP contribution in [0.5, 0.6) is 0 Å². The van der Waals surface area contributed by atoms with Gasteiger partial charge in [-0.1, -0.05) is 72.8 Å². The predicted octanol–water partition coefficient (Wildman–Crippen LogP) is 9.59. The zero-order chi connectivity index (χ0) is 32.3. The lowest BCUT2D eigenvalue weighted by Crippen LogP contribution is -2.03. The second-order valence-electron chi connectivity index (χ2n) is 12.1. The van der Waals surface area contributed by atoms with Crippen LogP contribution < -0.4 is 0 Å². The number of benzene rings is 5. The number of para-hydroxylation sites is 4. The summed E-state index contributed by atoms with van der Waals surface area (Å²) in [5, 5.41) is 9.79. The van der Waals surface area contributed by atoms with E-state index in [2.05, 4.69) is 134 Å². The Morgan fingerprint density at radius 3 is 1.69 bits per heavy atom. The lowest BCUT2D eigenvalue weighted by Gasteiger charge is -2.14. The largest absolute Gasteiger partial charge is 0.309 e. The van der Waals surface area contributed by atoms with Crippen LogP contribution in [-0.4, -0.2) is 33.9 Å². The maximum Gasteiger partial charge on any atom is 0.183 e. The zero-order valence-electron chi connectivity index (χ0n) is 26.2. The van der Waals surface area contributed by atoms with Gasteiger partial charge in [0.1, 0.15) is 0 Å². The van der Waals surface area contributed by atoms with E-state index in [0.717, 1.165) is 50.4 Å². The number of rotatable bonds is 5. The van der Waals surface area contributed by atoms with Crippen molar-refractivity contribution in [1.29, 1.82) is 0 Å². The number of aromatic nitrogens is 7. The molecule has 0 N–H and O–H groups in total. The molecule has 10 rings (SSSR count). The molecule has 0 radical (unpaired) electrons. The molecule has 0 unspecified atom stereocenters. The first-order valence-corrected chi connectivity index (χ1v) is 16.2. The van der Waals surface area contributed by atoms with Crippen molar-refractivity contribution >= 4 is 43.6 Å². The highest BCUT2D eigenvalue weighted by Crippen LogP contribution is 2.39. The van der Waals surface area contributed by atoms with Gasteiger partial charge in [-0.15, -0.1) is 5.10 Å². The van der Waals surface area contributed by atoms with Gasteiger partial charge in [-0.05, 0) is 66.7 Å². The zero-order valence-corrected chi connectivity index (χ0v) is 26.2. The van der Waals surface area contributed by atoms with E-state index in [9.17, 15) is 0 Å². The van der Waals surface area contributed by atoms with Crippen molar-refractivity contribution in [3.05, 3.63) is 164 Å². The van der Waals surface area contributed by atoms with Gasteiger partial charge in [0.2, 0.25) is 0 Å². The topological polar surface area (TPSA) is 66.3 Å². The van der Waals surface area contributed by atoms with E-state index < -0.39 is 0 Å². The molecule has 0 saturated carbocycles. The minimum Gasteiger partial charge on any atom is -0.309 e. The van der Waals surface area contributed by atoms with Crippen LogP contribution in [0.2, 0.25) is 0 Å². The van der Waals surface area contributed by atoms with E-state index in [1.54, 1.807) is 18.6 Å². The Bertz CT molecular complexity index is 2770. The average molecular weight is 630 g/mol. The van der Waals surface area contributed by atoms with E-state index >= 15 is 0 Å². The second-order valence-corrected chi connectivity index (χ2v) is 12.1. The first-order valence-electron chi connectivity index (χ1n) is 16.2. The highest BCUT2D eigenvalue weighted by molar-refractivity contribution is 6.13. The standard InChI is InChI=1S/C42H27N7/c1-4-20-37-32(15-1)33-16-2-5-21-38(33)47(37)29-12-7-13-30(25-29)48-39-22-6-3-17-34(39)35-18-8-19-36(40(35)48)42-45-41(28-11-9-23-43-26-28)46-49(42)31-14-10-24-44-27-31/h1-27H. The molecule has 5 heterocycles. The highest BCUT2D eigenvalue weighted by atomic mass is 15.4. The molecule has 0 spiro atoms. The summed E-state index contributed by atoms with van der Waals surface area (Å²) in [6, 6.07) is 48.9. The van der Waals surface area contributed by atoms with Gasteiger partial charge in [0.05, 0.1) is 34.0 Å². The highest BCUT2D eigenvalue weighted by Gasteiger charge is 2.22. The molecule has 0 bridgehead atoms. The van der Waals surface area contributed by atoms with E-state index in [4.69, 9.17) is 10.1 Å². The number of nitrogens with zero attached hydrogens (tertiary/aromatic N) is 7. The molecule has 0 saturated heterocycles. The van der Waals surface area contributed by atoms with Gasteiger partial charge in [-0.3, -0.25) is 9.97 Å². The molecule has 7 nitrogen and oxygen atoms in total. The molecule has 0 atom stereocenters. The number of fused-ring (bicyclic) bond motifs is 6. The molecule has 5 aromatic carbocycles. The van der Waals surface area contributed by atoms with E-state index in [1.165, 1.54) is 27.2 Å². The van der Waals surface area contributed by atoms with Gasteiger partial charge < -0.3 is 9.13 Å². The van der Waals surface area contributed by atoms with Gasteiger partial charge in [0.15, 0.2) is 11.6 Å².